The molecule has 8 heteroatoms. The summed E-state index contributed by atoms with van der Waals surface area (Å²) in [7, 11) is 1.35. The van der Waals surface area contributed by atoms with Gasteiger partial charge in [-0.2, -0.15) is 0 Å². The van der Waals surface area contributed by atoms with Crippen LogP contribution in [0.3, 0.4) is 0 Å². The third-order valence-electron chi connectivity index (χ3n) is 3.07. The summed E-state index contributed by atoms with van der Waals surface area (Å²) in [5.41, 5.74) is 1.07. The molecule has 0 fully saturated rings. The molecule has 0 N–H and O–H groups in total. The number of ether oxygens (including phenoxy) is 4. The molecule has 0 aliphatic heterocycles. The van der Waals surface area contributed by atoms with Gasteiger partial charge < -0.3 is 18.9 Å². The van der Waals surface area contributed by atoms with E-state index >= 15 is 0 Å². The molecule has 0 aromatic heterocycles. The highest BCUT2D eigenvalue weighted by Crippen LogP contribution is 2.01. The summed E-state index contributed by atoms with van der Waals surface area (Å²) < 4.78 is 18.2. The fourth-order valence-corrected chi connectivity index (χ4v) is 1.18. The number of hydrogen-bond donors (Lipinski definition) is 0. The largest absolute Gasteiger partial charge is 0.466 e. The van der Waals surface area contributed by atoms with Gasteiger partial charge in [-0.3, -0.25) is 0 Å². The third kappa shape index (κ3) is 31.1. The minimum absolute atomic E-state index is 0.263. The Hall–Kier alpha value is -3.16. The van der Waals surface area contributed by atoms with Gasteiger partial charge in [0.25, 0.3) is 0 Å². The van der Waals surface area contributed by atoms with Gasteiger partial charge in [-0.25, -0.2) is 19.2 Å². The molecule has 0 aliphatic carbocycles. The summed E-state index contributed by atoms with van der Waals surface area (Å²) in [6.07, 6.45) is 3.61. The van der Waals surface area contributed by atoms with Crippen LogP contribution in [0.2, 0.25) is 0 Å². The maximum atomic E-state index is 11.0. The highest BCUT2D eigenvalue weighted by atomic mass is 16.5. The lowest BCUT2D eigenvalue weighted by molar-refractivity contribution is -0.140. The topological polar surface area (TPSA) is 105 Å². The second-order valence-electron chi connectivity index (χ2n) is 6.31. The van der Waals surface area contributed by atoms with Crippen LogP contribution in [-0.4, -0.2) is 50.8 Å². The number of esters is 4. The lowest BCUT2D eigenvalue weighted by Crippen LogP contribution is -2.10. The second-order valence-corrected chi connectivity index (χ2v) is 6.31. The van der Waals surface area contributed by atoms with Gasteiger partial charge in [-0.1, -0.05) is 54.0 Å². The molecule has 0 spiro atoms. The first-order chi connectivity index (χ1) is 15.4. The lowest BCUT2D eigenvalue weighted by atomic mass is 10.2. The zero-order chi connectivity index (χ0) is 26.8. The average molecular weight is 471 g/mol. The molecule has 190 valence electrons. The molecule has 0 unspecified atom stereocenters. The first kappa shape index (κ1) is 37.2. The summed E-state index contributed by atoms with van der Waals surface area (Å²) in [5.74, 6) is -0.901. The third-order valence-corrected chi connectivity index (χ3v) is 3.07. The van der Waals surface area contributed by atoms with Crippen LogP contribution in [0.15, 0.2) is 49.6 Å². The molecule has 0 aromatic rings. The summed E-state index contributed by atoms with van der Waals surface area (Å²) >= 11 is 0. The van der Waals surface area contributed by atoms with Crippen molar-refractivity contribution in [3.05, 3.63) is 49.6 Å². The number of hydrogen-bond acceptors (Lipinski definition) is 8. The van der Waals surface area contributed by atoms with Crippen molar-refractivity contribution in [1.82, 2.24) is 0 Å². The van der Waals surface area contributed by atoms with E-state index in [1.807, 2.05) is 27.7 Å². The van der Waals surface area contributed by atoms with Gasteiger partial charge in [0.1, 0.15) is 0 Å². The molecule has 0 heterocycles. The van der Waals surface area contributed by atoms with Gasteiger partial charge in [-0.15, -0.1) is 0 Å². The van der Waals surface area contributed by atoms with E-state index in [0.717, 1.165) is 12.2 Å². The highest BCUT2D eigenvalue weighted by Gasteiger charge is 2.06. The molecule has 0 atom stereocenters. The van der Waals surface area contributed by atoms with Crippen LogP contribution in [0.1, 0.15) is 54.4 Å². The Morgan fingerprint density at radius 3 is 1.27 bits per heavy atom. The minimum Gasteiger partial charge on any atom is -0.466 e. The smallest absolute Gasteiger partial charge is 0.333 e. The monoisotopic (exact) mass is 470 g/mol. The lowest BCUT2D eigenvalue weighted by Gasteiger charge is -2.06. The van der Waals surface area contributed by atoms with Gasteiger partial charge in [0, 0.05) is 23.3 Å². The first-order valence-corrected chi connectivity index (χ1v) is 10.6. The summed E-state index contributed by atoms with van der Waals surface area (Å²) in [6.45, 7) is 26.0. The Balaban J connectivity index is -0.000000173. The van der Waals surface area contributed by atoms with Gasteiger partial charge in [0.15, 0.2) is 0 Å². The Morgan fingerprint density at radius 2 is 1.09 bits per heavy atom. The van der Waals surface area contributed by atoms with Crippen LogP contribution in [0.4, 0.5) is 0 Å². The van der Waals surface area contributed by atoms with Crippen LogP contribution in [0.25, 0.3) is 0 Å². The zero-order valence-corrected chi connectivity index (χ0v) is 21.4. The molecular formula is C25H42O8. The molecule has 0 radical (unpaired) electrons. The molecule has 0 rings (SSSR count). The molecule has 0 aliphatic rings. The van der Waals surface area contributed by atoms with Crippen LogP contribution in [0.5, 0.6) is 0 Å². The van der Waals surface area contributed by atoms with Gasteiger partial charge in [0.2, 0.25) is 0 Å². The molecule has 0 bridgehead atoms. The van der Waals surface area contributed by atoms with Crippen LogP contribution >= 0.6 is 0 Å². The van der Waals surface area contributed by atoms with Crippen molar-refractivity contribution in [2.45, 2.75) is 54.4 Å². The fourth-order valence-electron chi connectivity index (χ4n) is 1.18. The molecule has 0 aromatic carbocycles. The first-order valence-electron chi connectivity index (χ1n) is 10.6. The standard InChI is InChI=1S/C9H16O2.C6H10O2.2C5H8O2/c1-5-8(4)9(10)11-6-7(2)3;1-4-5(2)6(7)8-3;2*1-3-5(6)7-4-2/h7H,4-6H2,1-3H3;2,4H2,1,3H3;2*3H,1,4H2,2H3. The van der Waals surface area contributed by atoms with Gasteiger partial charge in [-0.05, 0) is 32.6 Å². The zero-order valence-electron chi connectivity index (χ0n) is 21.4. The van der Waals surface area contributed by atoms with Crippen molar-refractivity contribution in [2.75, 3.05) is 26.9 Å². The molecule has 8 nitrogen and oxygen atoms in total. The van der Waals surface area contributed by atoms with Crippen molar-refractivity contribution in [3.8, 4) is 0 Å². The Bertz CT molecular complexity index is 582. The van der Waals surface area contributed by atoms with Crippen LogP contribution < -0.4 is 0 Å². The van der Waals surface area contributed by atoms with E-state index < -0.39 is 0 Å². The number of methoxy groups -OCH3 is 1. The van der Waals surface area contributed by atoms with Crippen molar-refractivity contribution < 1.29 is 38.1 Å². The molecule has 0 amide bonds. The van der Waals surface area contributed by atoms with Crippen molar-refractivity contribution in [1.29, 1.82) is 0 Å². The Labute approximate surface area is 199 Å². The van der Waals surface area contributed by atoms with Crippen molar-refractivity contribution >= 4 is 23.9 Å². The molecule has 0 saturated carbocycles. The average Bonchev–Trinajstić information content (AvgIpc) is 2.82. The van der Waals surface area contributed by atoms with Crippen molar-refractivity contribution in [2.24, 2.45) is 5.92 Å². The van der Waals surface area contributed by atoms with Crippen LogP contribution in [0, 0.1) is 5.92 Å². The molecular weight excluding hydrogens is 428 g/mol. The van der Waals surface area contributed by atoms with Crippen molar-refractivity contribution in [3.63, 3.8) is 0 Å². The summed E-state index contributed by atoms with van der Waals surface area (Å²) in [4.78, 5) is 41.5. The Morgan fingerprint density at radius 1 is 0.727 bits per heavy atom. The number of rotatable bonds is 10. The van der Waals surface area contributed by atoms with E-state index in [4.69, 9.17) is 4.74 Å². The van der Waals surface area contributed by atoms with E-state index in [2.05, 4.69) is 40.5 Å². The van der Waals surface area contributed by atoms with E-state index in [1.54, 1.807) is 13.8 Å². The van der Waals surface area contributed by atoms with Gasteiger partial charge >= 0.3 is 23.9 Å². The maximum absolute atomic E-state index is 11.0. The van der Waals surface area contributed by atoms with E-state index in [0.29, 0.717) is 49.7 Å². The fraction of sp³-hybridized carbons (Fsp3) is 0.520. The quantitative estimate of drug-likeness (QED) is 0.256. The van der Waals surface area contributed by atoms with Gasteiger partial charge in [0.05, 0.1) is 26.9 Å². The number of carbonyl (C=O) groups is 4. The SMILES string of the molecule is C=C(CC)C(=O)OC.C=C(CC)C(=O)OCC(C)C.C=CC(=O)OCC.C=CC(=O)OCC. The maximum Gasteiger partial charge on any atom is 0.333 e. The second kappa shape index (κ2) is 26.9. The van der Waals surface area contributed by atoms with E-state index in [1.165, 1.54) is 7.11 Å². The predicted octanol–water partition coefficient (Wildman–Crippen LogP) is 4.75. The predicted molar refractivity (Wildman–Crippen MR) is 130 cm³/mol. The van der Waals surface area contributed by atoms with E-state index in [9.17, 15) is 19.2 Å². The summed E-state index contributed by atoms with van der Waals surface area (Å²) in [5, 5.41) is 0. The van der Waals surface area contributed by atoms with E-state index in [-0.39, 0.29) is 23.9 Å². The molecule has 33 heavy (non-hydrogen) atoms. The van der Waals surface area contributed by atoms with Crippen LogP contribution in [-0.2, 0) is 38.1 Å². The Kier molecular flexibility index (Phi) is 30.3. The number of carbonyl (C=O) groups excluding carboxylic acids is 4. The summed E-state index contributed by atoms with van der Waals surface area (Å²) in [6, 6.07) is 0. The molecule has 0 saturated heterocycles. The minimum atomic E-state index is -0.359. The highest BCUT2D eigenvalue weighted by molar-refractivity contribution is 5.87. The normalized spacial score (nSPS) is 8.48.